The summed E-state index contributed by atoms with van der Waals surface area (Å²) < 4.78 is 5.80. The Hall–Kier alpha value is -2.13. The molecule has 0 saturated carbocycles. The van der Waals surface area contributed by atoms with Crippen molar-refractivity contribution in [3.8, 4) is 0 Å². The molecule has 0 aliphatic carbocycles. The van der Waals surface area contributed by atoms with Crippen molar-refractivity contribution < 1.29 is 9.53 Å². The molecule has 0 spiro atoms. The number of hydrogen-bond donors (Lipinski definition) is 0. The fourth-order valence-electron chi connectivity index (χ4n) is 2.85. The van der Waals surface area contributed by atoms with E-state index in [0.717, 1.165) is 25.2 Å². The quantitative estimate of drug-likeness (QED) is 0.788. The topological polar surface area (TPSA) is 29.5 Å². The fourth-order valence-corrected chi connectivity index (χ4v) is 2.85. The van der Waals surface area contributed by atoms with Gasteiger partial charge in [-0.25, -0.2) is 4.79 Å². The fraction of sp³-hybridized carbons (Fsp3) is 0.316. The normalized spacial score (nSPS) is 16.4. The van der Waals surface area contributed by atoms with Gasteiger partial charge < -0.3 is 4.74 Å². The van der Waals surface area contributed by atoms with E-state index in [1.165, 1.54) is 12.8 Å². The molecule has 0 bridgehead atoms. The van der Waals surface area contributed by atoms with E-state index in [2.05, 4.69) is 4.90 Å². The number of carbonyl (C=O) groups excluding carboxylic acids is 1. The Morgan fingerprint density at radius 2 is 1.55 bits per heavy atom. The molecule has 0 N–H and O–H groups in total. The van der Waals surface area contributed by atoms with Crippen LogP contribution in [0.5, 0.6) is 0 Å². The summed E-state index contributed by atoms with van der Waals surface area (Å²) in [7, 11) is 0. The van der Waals surface area contributed by atoms with Gasteiger partial charge in [0.1, 0.15) is 6.10 Å². The predicted octanol–water partition coefficient (Wildman–Crippen LogP) is 3.68. The third-order valence-electron chi connectivity index (χ3n) is 4.05. The van der Waals surface area contributed by atoms with Crippen LogP contribution in [0.3, 0.4) is 0 Å². The molecule has 3 heteroatoms. The summed E-state index contributed by atoms with van der Waals surface area (Å²) in [6.45, 7) is 2.95. The maximum absolute atomic E-state index is 12.4. The van der Waals surface area contributed by atoms with Gasteiger partial charge in [-0.1, -0.05) is 48.5 Å². The van der Waals surface area contributed by atoms with Crippen LogP contribution in [0, 0.1) is 0 Å². The third-order valence-corrected chi connectivity index (χ3v) is 4.05. The molecule has 2 aromatic rings. The molecule has 0 radical (unpaired) electrons. The van der Waals surface area contributed by atoms with Gasteiger partial charge in [-0.05, 0) is 43.6 Å². The summed E-state index contributed by atoms with van der Waals surface area (Å²) in [5.41, 5.74) is 1.66. The second kappa shape index (κ2) is 7.23. The number of benzene rings is 2. The summed E-state index contributed by atoms with van der Waals surface area (Å²) in [6.07, 6.45) is 2.24. The van der Waals surface area contributed by atoms with E-state index in [1.54, 1.807) is 12.1 Å². The van der Waals surface area contributed by atoms with Gasteiger partial charge in [0.15, 0.2) is 0 Å². The Balaban J connectivity index is 1.74. The smallest absolute Gasteiger partial charge is 0.338 e. The van der Waals surface area contributed by atoms with E-state index in [4.69, 9.17) is 4.74 Å². The first-order valence-electron chi connectivity index (χ1n) is 7.86. The van der Waals surface area contributed by atoms with E-state index in [-0.39, 0.29) is 12.1 Å². The highest BCUT2D eigenvalue weighted by Gasteiger charge is 2.22. The minimum Gasteiger partial charge on any atom is -0.453 e. The minimum absolute atomic E-state index is 0.216. The van der Waals surface area contributed by atoms with Gasteiger partial charge in [0, 0.05) is 6.54 Å². The number of rotatable bonds is 5. The lowest BCUT2D eigenvalue weighted by molar-refractivity contribution is 0.0216. The zero-order valence-corrected chi connectivity index (χ0v) is 12.7. The number of ether oxygens (including phenoxy) is 1. The van der Waals surface area contributed by atoms with Gasteiger partial charge in [0.2, 0.25) is 0 Å². The minimum atomic E-state index is -0.256. The lowest BCUT2D eigenvalue weighted by Gasteiger charge is -2.24. The Morgan fingerprint density at radius 3 is 2.18 bits per heavy atom. The van der Waals surface area contributed by atoms with Gasteiger partial charge in [-0.15, -0.1) is 0 Å². The molecule has 3 rings (SSSR count). The third kappa shape index (κ3) is 3.74. The largest absolute Gasteiger partial charge is 0.453 e. The van der Waals surface area contributed by atoms with Crippen molar-refractivity contribution in [3.63, 3.8) is 0 Å². The SMILES string of the molecule is O=C(OC(CN1CCCC1)c1ccccc1)c1ccccc1. The van der Waals surface area contributed by atoms with E-state index in [0.29, 0.717) is 5.56 Å². The first-order valence-corrected chi connectivity index (χ1v) is 7.86. The molecule has 2 aromatic carbocycles. The van der Waals surface area contributed by atoms with Crippen molar-refractivity contribution in [3.05, 3.63) is 71.8 Å². The summed E-state index contributed by atoms with van der Waals surface area (Å²) in [6, 6.07) is 19.2. The molecular weight excluding hydrogens is 274 g/mol. The highest BCUT2D eigenvalue weighted by atomic mass is 16.5. The Morgan fingerprint density at radius 1 is 0.955 bits per heavy atom. The number of hydrogen-bond acceptors (Lipinski definition) is 3. The molecule has 1 unspecified atom stereocenters. The van der Waals surface area contributed by atoms with Crippen molar-refractivity contribution in [1.29, 1.82) is 0 Å². The van der Waals surface area contributed by atoms with Crippen LogP contribution in [0.25, 0.3) is 0 Å². The highest BCUT2D eigenvalue weighted by molar-refractivity contribution is 5.89. The lowest BCUT2D eigenvalue weighted by Crippen LogP contribution is -2.28. The second-order valence-corrected chi connectivity index (χ2v) is 5.68. The molecule has 1 saturated heterocycles. The van der Waals surface area contributed by atoms with Gasteiger partial charge >= 0.3 is 5.97 Å². The molecule has 0 aromatic heterocycles. The molecule has 3 nitrogen and oxygen atoms in total. The molecule has 0 amide bonds. The average Bonchev–Trinajstić information content (AvgIpc) is 3.09. The molecule has 1 fully saturated rings. The van der Waals surface area contributed by atoms with Crippen LogP contribution < -0.4 is 0 Å². The van der Waals surface area contributed by atoms with Gasteiger partial charge in [0.05, 0.1) is 5.56 Å². The van der Waals surface area contributed by atoms with Gasteiger partial charge in [0.25, 0.3) is 0 Å². The van der Waals surface area contributed by atoms with Crippen LogP contribution in [0.1, 0.15) is 34.9 Å². The predicted molar refractivity (Wildman–Crippen MR) is 86.7 cm³/mol. The Kier molecular flexibility index (Phi) is 4.86. The molecule has 1 atom stereocenters. The van der Waals surface area contributed by atoms with E-state index in [9.17, 15) is 4.79 Å². The van der Waals surface area contributed by atoms with Crippen LogP contribution in [-0.4, -0.2) is 30.5 Å². The number of likely N-dealkylation sites (tertiary alicyclic amines) is 1. The standard InChI is InChI=1S/C19H21NO2/c21-19(17-11-5-2-6-12-17)22-18(15-20-13-7-8-14-20)16-9-3-1-4-10-16/h1-6,9-12,18H,7-8,13-15H2. The van der Waals surface area contributed by atoms with Crippen molar-refractivity contribution >= 4 is 5.97 Å². The number of nitrogens with zero attached hydrogens (tertiary/aromatic N) is 1. The first-order chi connectivity index (χ1) is 10.8. The van der Waals surface area contributed by atoms with Crippen LogP contribution in [0.4, 0.5) is 0 Å². The van der Waals surface area contributed by atoms with Gasteiger partial charge in [-0.2, -0.15) is 0 Å². The zero-order chi connectivity index (χ0) is 15.2. The summed E-state index contributed by atoms with van der Waals surface area (Å²) >= 11 is 0. The van der Waals surface area contributed by atoms with Crippen LogP contribution >= 0.6 is 0 Å². The van der Waals surface area contributed by atoms with E-state index in [1.807, 2.05) is 48.5 Å². The Bertz CT molecular complexity index is 591. The molecule has 22 heavy (non-hydrogen) atoms. The first kappa shape index (κ1) is 14.8. The van der Waals surface area contributed by atoms with Crippen LogP contribution in [0.2, 0.25) is 0 Å². The molecular formula is C19H21NO2. The van der Waals surface area contributed by atoms with Crippen LogP contribution in [0.15, 0.2) is 60.7 Å². The zero-order valence-electron chi connectivity index (χ0n) is 12.7. The van der Waals surface area contributed by atoms with E-state index >= 15 is 0 Å². The maximum Gasteiger partial charge on any atom is 0.338 e. The molecule has 1 aliphatic heterocycles. The van der Waals surface area contributed by atoms with Crippen molar-refractivity contribution in [2.24, 2.45) is 0 Å². The monoisotopic (exact) mass is 295 g/mol. The molecule has 1 aliphatic rings. The summed E-state index contributed by atoms with van der Waals surface area (Å²) in [5.74, 6) is -0.256. The maximum atomic E-state index is 12.4. The Labute approximate surface area is 131 Å². The van der Waals surface area contributed by atoms with Crippen molar-refractivity contribution in [1.82, 2.24) is 4.90 Å². The molecule has 114 valence electrons. The molecule has 1 heterocycles. The second-order valence-electron chi connectivity index (χ2n) is 5.68. The number of carbonyl (C=O) groups is 1. The summed E-state index contributed by atoms with van der Waals surface area (Å²) in [4.78, 5) is 14.7. The highest BCUT2D eigenvalue weighted by Crippen LogP contribution is 2.22. The number of esters is 1. The van der Waals surface area contributed by atoms with Crippen molar-refractivity contribution in [2.75, 3.05) is 19.6 Å². The van der Waals surface area contributed by atoms with Crippen LogP contribution in [-0.2, 0) is 4.74 Å². The average molecular weight is 295 g/mol. The van der Waals surface area contributed by atoms with E-state index < -0.39 is 0 Å². The van der Waals surface area contributed by atoms with Gasteiger partial charge in [-0.3, -0.25) is 4.90 Å². The van der Waals surface area contributed by atoms with Crippen molar-refractivity contribution in [2.45, 2.75) is 18.9 Å². The lowest BCUT2D eigenvalue weighted by atomic mass is 10.1. The summed E-state index contributed by atoms with van der Waals surface area (Å²) in [5, 5.41) is 0.